The summed E-state index contributed by atoms with van der Waals surface area (Å²) in [4.78, 5) is 12.2. The van der Waals surface area contributed by atoms with Crippen LogP contribution in [0.2, 0.25) is 0 Å². The van der Waals surface area contributed by atoms with Crippen LogP contribution in [0.25, 0.3) is 6.08 Å². The third-order valence-corrected chi connectivity index (χ3v) is 5.42. The summed E-state index contributed by atoms with van der Waals surface area (Å²) in [5.74, 6) is 1.17. The molecular formula is C21H28O8. The average Bonchev–Trinajstić information content (AvgIpc) is 2.71. The Kier molecular flexibility index (Phi) is 6.92. The number of carbonyl (C=O) groups excluding carboxylic acids is 1. The Bertz CT molecular complexity index is 759. The number of aliphatic hydroxyl groups is 4. The number of rotatable bonds is 5. The van der Waals surface area contributed by atoms with Gasteiger partial charge >= 0.3 is 0 Å². The topological polar surface area (TPSA) is 126 Å². The molecule has 8 nitrogen and oxygen atoms in total. The first-order valence-corrected chi connectivity index (χ1v) is 9.73. The second-order valence-electron chi connectivity index (χ2n) is 7.67. The molecule has 0 aromatic heterocycles. The summed E-state index contributed by atoms with van der Waals surface area (Å²) in [5.41, 5.74) is 1.56. The van der Waals surface area contributed by atoms with Crippen LogP contribution in [0.3, 0.4) is 0 Å². The molecule has 1 aromatic rings. The van der Waals surface area contributed by atoms with E-state index in [1.807, 2.05) is 6.08 Å². The van der Waals surface area contributed by atoms with E-state index in [0.29, 0.717) is 18.1 Å². The van der Waals surface area contributed by atoms with Crippen molar-refractivity contribution in [3.63, 3.8) is 0 Å². The normalized spacial score (nSPS) is 34.3. The van der Waals surface area contributed by atoms with Gasteiger partial charge in [-0.15, -0.1) is 0 Å². The second-order valence-corrected chi connectivity index (χ2v) is 7.67. The minimum absolute atomic E-state index is 0.157. The molecule has 1 heterocycles. The predicted molar refractivity (Wildman–Crippen MR) is 103 cm³/mol. The van der Waals surface area contributed by atoms with Crippen LogP contribution in [0.15, 0.2) is 23.8 Å². The van der Waals surface area contributed by atoms with Gasteiger partial charge in [-0.25, -0.2) is 0 Å². The minimum Gasteiger partial charge on any atom is -0.493 e. The summed E-state index contributed by atoms with van der Waals surface area (Å²) in [7, 11) is 1.46. The van der Waals surface area contributed by atoms with E-state index in [4.69, 9.17) is 14.2 Å². The molecule has 1 aliphatic heterocycles. The van der Waals surface area contributed by atoms with Gasteiger partial charge in [-0.1, -0.05) is 13.0 Å². The second kappa shape index (κ2) is 9.23. The van der Waals surface area contributed by atoms with Gasteiger partial charge < -0.3 is 34.6 Å². The van der Waals surface area contributed by atoms with Gasteiger partial charge in [0.2, 0.25) is 6.29 Å². The molecule has 4 N–H and O–H groups in total. The molecule has 1 aromatic carbocycles. The molecule has 0 unspecified atom stereocenters. The SMILES string of the molecule is COc1cc(/C=C2/CC[C@H](C)CC2=O)ccc1O[C@@H]1O[C@H](CO)[C@H](O)[C@H](O)[C@H]1O. The maximum Gasteiger partial charge on any atom is 0.229 e. The fourth-order valence-corrected chi connectivity index (χ4v) is 3.61. The molecule has 3 rings (SSSR count). The third-order valence-electron chi connectivity index (χ3n) is 5.42. The van der Waals surface area contributed by atoms with Crippen LogP contribution in [-0.2, 0) is 9.53 Å². The number of allylic oxidation sites excluding steroid dienone is 1. The number of hydrogen-bond donors (Lipinski definition) is 4. The monoisotopic (exact) mass is 408 g/mol. The first kappa shape index (κ1) is 21.7. The lowest BCUT2D eigenvalue weighted by atomic mass is 9.85. The molecule has 8 heteroatoms. The standard InChI is InChI=1S/C21H28O8/c1-11-3-5-13(14(23)7-11)8-12-4-6-15(16(9-12)27-2)28-21-20(26)19(25)18(24)17(10-22)29-21/h4,6,8-9,11,17-22,24-26H,3,5,7,10H2,1-2H3/b13-8-/t11-,17+,18-,19-,20+,21+/m0/s1. The number of methoxy groups -OCH3 is 1. The van der Waals surface area contributed by atoms with Crippen LogP contribution in [0, 0.1) is 5.92 Å². The Labute approximate surface area is 169 Å². The number of carbonyl (C=O) groups is 1. The minimum atomic E-state index is -1.53. The zero-order valence-electron chi connectivity index (χ0n) is 16.5. The van der Waals surface area contributed by atoms with Crippen LogP contribution in [0.1, 0.15) is 31.7 Å². The van der Waals surface area contributed by atoms with Gasteiger partial charge in [-0.3, -0.25) is 4.79 Å². The van der Waals surface area contributed by atoms with E-state index in [1.54, 1.807) is 18.2 Å². The van der Waals surface area contributed by atoms with Gasteiger partial charge in [-0.05, 0) is 48.1 Å². The van der Waals surface area contributed by atoms with E-state index in [-0.39, 0.29) is 11.5 Å². The summed E-state index contributed by atoms with van der Waals surface area (Å²) < 4.78 is 16.4. The maximum absolute atomic E-state index is 12.2. The lowest BCUT2D eigenvalue weighted by Gasteiger charge is -2.39. The zero-order chi connectivity index (χ0) is 21.1. The molecule has 1 saturated heterocycles. The molecule has 1 aliphatic carbocycles. The molecule has 29 heavy (non-hydrogen) atoms. The predicted octanol–water partition coefficient (Wildman–Crippen LogP) is 0.646. The van der Waals surface area contributed by atoms with Crippen LogP contribution < -0.4 is 9.47 Å². The van der Waals surface area contributed by atoms with Gasteiger partial charge in [0.15, 0.2) is 17.3 Å². The highest BCUT2D eigenvalue weighted by Gasteiger charge is 2.44. The molecule has 2 fully saturated rings. The number of ether oxygens (including phenoxy) is 3. The Morgan fingerprint density at radius 1 is 1.17 bits per heavy atom. The number of Topliss-reactive ketones (excluding diaryl/α,β-unsaturated/α-hetero) is 1. The van der Waals surface area contributed by atoms with Crippen molar-refractivity contribution < 1.29 is 39.4 Å². The van der Waals surface area contributed by atoms with E-state index in [1.165, 1.54) is 7.11 Å². The molecule has 160 valence electrons. The van der Waals surface area contributed by atoms with Gasteiger partial charge in [0.1, 0.15) is 24.4 Å². The molecule has 6 atom stereocenters. The van der Waals surface area contributed by atoms with Crippen molar-refractivity contribution in [1.82, 2.24) is 0 Å². The molecule has 0 amide bonds. The van der Waals surface area contributed by atoms with E-state index >= 15 is 0 Å². The zero-order valence-corrected chi connectivity index (χ0v) is 16.5. The molecule has 0 radical (unpaired) electrons. The van der Waals surface area contributed by atoms with Gasteiger partial charge in [0.05, 0.1) is 13.7 Å². The molecule has 0 spiro atoms. The maximum atomic E-state index is 12.2. The van der Waals surface area contributed by atoms with Crippen LogP contribution in [0.4, 0.5) is 0 Å². The third kappa shape index (κ3) is 4.79. The first-order chi connectivity index (χ1) is 13.8. The summed E-state index contributed by atoms with van der Waals surface area (Å²) in [6.45, 7) is 1.53. The van der Waals surface area contributed by atoms with Crippen LogP contribution >= 0.6 is 0 Å². The number of hydrogen-bond acceptors (Lipinski definition) is 8. The van der Waals surface area contributed by atoms with E-state index < -0.39 is 37.3 Å². The lowest BCUT2D eigenvalue weighted by Crippen LogP contribution is -2.60. The molecular weight excluding hydrogens is 380 g/mol. The number of ketones is 1. The fraction of sp³-hybridized carbons (Fsp3) is 0.571. The molecule has 1 saturated carbocycles. The molecule has 2 aliphatic rings. The van der Waals surface area contributed by atoms with Crippen molar-refractivity contribution in [2.75, 3.05) is 13.7 Å². The largest absolute Gasteiger partial charge is 0.493 e. The van der Waals surface area contributed by atoms with Crippen molar-refractivity contribution in [3.05, 3.63) is 29.3 Å². The summed E-state index contributed by atoms with van der Waals surface area (Å²) in [5, 5.41) is 39.2. The van der Waals surface area contributed by atoms with Gasteiger partial charge in [0.25, 0.3) is 0 Å². The van der Waals surface area contributed by atoms with Crippen LogP contribution in [-0.4, -0.2) is 70.6 Å². The summed E-state index contributed by atoms with van der Waals surface area (Å²) >= 11 is 0. The molecule has 0 bridgehead atoms. The summed E-state index contributed by atoms with van der Waals surface area (Å²) in [6.07, 6.45) is -2.74. The smallest absolute Gasteiger partial charge is 0.229 e. The highest BCUT2D eigenvalue weighted by molar-refractivity contribution is 6.00. The van der Waals surface area contributed by atoms with E-state index in [0.717, 1.165) is 24.0 Å². The van der Waals surface area contributed by atoms with Crippen molar-refractivity contribution in [1.29, 1.82) is 0 Å². The van der Waals surface area contributed by atoms with Gasteiger partial charge in [-0.2, -0.15) is 0 Å². The van der Waals surface area contributed by atoms with Crippen molar-refractivity contribution in [2.24, 2.45) is 5.92 Å². The van der Waals surface area contributed by atoms with Crippen molar-refractivity contribution >= 4 is 11.9 Å². The Hall–Kier alpha value is -1.97. The van der Waals surface area contributed by atoms with Crippen molar-refractivity contribution in [2.45, 2.75) is 56.9 Å². The fourth-order valence-electron chi connectivity index (χ4n) is 3.61. The Morgan fingerprint density at radius 2 is 1.93 bits per heavy atom. The van der Waals surface area contributed by atoms with E-state index in [9.17, 15) is 25.2 Å². The number of aliphatic hydroxyl groups excluding tert-OH is 4. The highest BCUT2D eigenvalue weighted by Crippen LogP contribution is 2.33. The quantitative estimate of drug-likeness (QED) is 0.523. The first-order valence-electron chi connectivity index (χ1n) is 9.73. The van der Waals surface area contributed by atoms with E-state index in [2.05, 4.69) is 6.92 Å². The average molecular weight is 408 g/mol. The summed E-state index contributed by atoms with van der Waals surface area (Å²) in [6, 6.07) is 5.07. The van der Waals surface area contributed by atoms with Gasteiger partial charge in [0, 0.05) is 6.42 Å². The lowest BCUT2D eigenvalue weighted by molar-refractivity contribution is -0.277. The van der Waals surface area contributed by atoms with Crippen molar-refractivity contribution in [3.8, 4) is 11.5 Å². The highest BCUT2D eigenvalue weighted by atomic mass is 16.7. The van der Waals surface area contributed by atoms with Crippen LogP contribution in [0.5, 0.6) is 11.5 Å². The Morgan fingerprint density at radius 3 is 2.59 bits per heavy atom. The number of benzene rings is 1. The Balaban J connectivity index is 1.78.